The number of benzene rings is 2. The Labute approximate surface area is 115 Å². The number of halogens is 1. The van der Waals surface area contributed by atoms with E-state index in [0.29, 0.717) is 12.2 Å². The Morgan fingerprint density at radius 3 is 2.44 bits per heavy atom. The fourth-order valence-corrected chi connectivity index (χ4v) is 1.94. The van der Waals surface area contributed by atoms with Gasteiger partial charge in [0, 0.05) is 5.33 Å². The van der Waals surface area contributed by atoms with Gasteiger partial charge in [0.2, 0.25) is 0 Å². The normalized spacial score (nSPS) is 9.78. The highest BCUT2D eigenvalue weighted by molar-refractivity contribution is 9.08. The molecule has 0 aliphatic rings. The average Bonchev–Trinajstić information content (AvgIpc) is 2.46. The molecule has 0 amide bonds. The van der Waals surface area contributed by atoms with E-state index in [1.54, 1.807) is 12.1 Å². The molecule has 2 nitrogen and oxygen atoms in total. The van der Waals surface area contributed by atoms with Gasteiger partial charge in [-0.2, -0.15) is 5.26 Å². The second kappa shape index (κ2) is 6.23. The van der Waals surface area contributed by atoms with Crippen LogP contribution in [-0.4, -0.2) is 0 Å². The van der Waals surface area contributed by atoms with Crippen molar-refractivity contribution in [2.24, 2.45) is 0 Å². The van der Waals surface area contributed by atoms with E-state index in [1.807, 2.05) is 24.3 Å². The number of hydrogen-bond acceptors (Lipinski definition) is 2. The Bertz CT molecular complexity index is 557. The van der Waals surface area contributed by atoms with Gasteiger partial charge in [0.25, 0.3) is 0 Å². The lowest BCUT2D eigenvalue weighted by atomic mass is 10.1. The van der Waals surface area contributed by atoms with E-state index < -0.39 is 0 Å². The first-order chi connectivity index (χ1) is 8.81. The maximum Gasteiger partial charge on any atom is 0.119 e. The molecule has 3 heteroatoms. The van der Waals surface area contributed by atoms with Crippen molar-refractivity contribution in [2.45, 2.75) is 11.9 Å². The molecule has 90 valence electrons. The minimum Gasteiger partial charge on any atom is -0.489 e. The van der Waals surface area contributed by atoms with Crippen LogP contribution in [0.2, 0.25) is 0 Å². The molecule has 0 fully saturated rings. The lowest BCUT2D eigenvalue weighted by Crippen LogP contribution is -1.96. The van der Waals surface area contributed by atoms with Crippen molar-refractivity contribution in [2.75, 3.05) is 0 Å². The van der Waals surface area contributed by atoms with Crippen LogP contribution >= 0.6 is 15.9 Å². The minimum absolute atomic E-state index is 0.534. The molecular formula is C15H12BrNO. The van der Waals surface area contributed by atoms with E-state index in [0.717, 1.165) is 16.6 Å². The van der Waals surface area contributed by atoms with Crippen LogP contribution in [-0.2, 0) is 11.9 Å². The summed E-state index contributed by atoms with van der Waals surface area (Å²) in [5.41, 5.74) is 3.01. The summed E-state index contributed by atoms with van der Waals surface area (Å²) in [5, 5.41) is 9.54. The van der Waals surface area contributed by atoms with Gasteiger partial charge in [-0.1, -0.05) is 40.2 Å². The van der Waals surface area contributed by atoms with Gasteiger partial charge in [0.1, 0.15) is 12.4 Å². The standard InChI is InChI=1S/C15H12BrNO/c16-9-13-2-1-3-14(8-13)11-18-15-6-4-12(10-17)5-7-15/h1-8H,9,11H2. The van der Waals surface area contributed by atoms with Gasteiger partial charge in [0.15, 0.2) is 0 Å². The van der Waals surface area contributed by atoms with Crippen LogP contribution in [0.25, 0.3) is 0 Å². The first-order valence-electron chi connectivity index (χ1n) is 5.58. The van der Waals surface area contributed by atoms with Crippen LogP contribution in [0.15, 0.2) is 48.5 Å². The number of ether oxygens (including phenoxy) is 1. The molecule has 0 atom stereocenters. The zero-order chi connectivity index (χ0) is 12.8. The molecule has 2 aromatic rings. The third-order valence-electron chi connectivity index (χ3n) is 2.53. The number of nitrogens with zero attached hydrogens (tertiary/aromatic N) is 1. The molecule has 0 aliphatic heterocycles. The Morgan fingerprint density at radius 2 is 1.78 bits per heavy atom. The van der Waals surface area contributed by atoms with Crippen LogP contribution < -0.4 is 4.74 Å². The van der Waals surface area contributed by atoms with Gasteiger partial charge >= 0.3 is 0 Å². The summed E-state index contributed by atoms with van der Waals surface area (Å²) in [4.78, 5) is 0. The third kappa shape index (κ3) is 3.35. The lowest BCUT2D eigenvalue weighted by molar-refractivity contribution is 0.306. The van der Waals surface area contributed by atoms with Gasteiger partial charge < -0.3 is 4.74 Å². The van der Waals surface area contributed by atoms with E-state index in [9.17, 15) is 0 Å². The Hall–Kier alpha value is -1.79. The van der Waals surface area contributed by atoms with Crippen molar-refractivity contribution in [3.63, 3.8) is 0 Å². The topological polar surface area (TPSA) is 33.0 Å². The molecule has 0 bridgehead atoms. The summed E-state index contributed by atoms with van der Waals surface area (Å²) < 4.78 is 5.67. The molecule has 0 aromatic heterocycles. The minimum atomic E-state index is 0.534. The van der Waals surface area contributed by atoms with E-state index in [-0.39, 0.29) is 0 Å². The monoisotopic (exact) mass is 301 g/mol. The molecule has 2 aromatic carbocycles. The number of alkyl halides is 1. The van der Waals surface area contributed by atoms with Crippen molar-refractivity contribution in [3.8, 4) is 11.8 Å². The molecule has 0 unspecified atom stereocenters. The predicted molar refractivity (Wildman–Crippen MR) is 74.6 cm³/mol. The molecule has 0 spiro atoms. The second-order valence-electron chi connectivity index (χ2n) is 3.88. The van der Waals surface area contributed by atoms with Crippen LogP contribution in [0.4, 0.5) is 0 Å². The van der Waals surface area contributed by atoms with Crippen LogP contribution in [0.3, 0.4) is 0 Å². The molecule has 0 N–H and O–H groups in total. The Morgan fingerprint density at radius 1 is 1.06 bits per heavy atom. The van der Waals surface area contributed by atoms with E-state index in [1.165, 1.54) is 5.56 Å². The van der Waals surface area contributed by atoms with Crippen molar-refractivity contribution < 1.29 is 4.74 Å². The van der Waals surface area contributed by atoms with Crippen molar-refractivity contribution in [1.82, 2.24) is 0 Å². The highest BCUT2D eigenvalue weighted by atomic mass is 79.9. The smallest absolute Gasteiger partial charge is 0.119 e. The van der Waals surface area contributed by atoms with E-state index in [4.69, 9.17) is 10.00 Å². The summed E-state index contributed by atoms with van der Waals surface area (Å²) in [6, 6.07) is 17.5. The van der Waals surface area contributed by atoms with Gasteiger partial charge in [-0.05, 0) is 35.4 Å². The van der Waals surface area contributed by atoms with E-state index in [2.05, 4.69) is 34.1 Å². The van der Waals surface area contributed by atoms with Crippen molar-refractivity contribution in [1.29, 1.82) is 5.26 Å². The van der Waals surface area contributed by atoms with Gasteiger partial charge in [0.05, 0.1) is 11.6 Å². The van der Waals surface area contributed by atoms with Gasteiger partial charge in [-0.15, -0.1) is 0 Å². The summed E-state index contributed by atoms with van der Waals surface area (Å²) >= 11 is 3.43. The number of nitriles is 1. The summed E-state index contributed by atoms with van der Waals surface area (Å²) in [6.07, 6.45) is 0. The summed E-state index contributed by atoms with van der Waals surface area (Å²) in [7, 11) is 0. The molecule has 0 heterocycles. The summed E-state index contributed by atoms with van der Waals surface area (Å²) in [5.74, 6) is 0.776. The zero-order valence-corrected chi connectivity index (χ0v) is 11.4. The van der Waals surface area contributed by atoms with Crippen molar-refractivity contribution in [3.05, 3.63) is 65.2 Å². The molecular weight excluding hydrogens is 290 g/mol. The van der Waals surface area contributed by atoms with Crippen molar-refractivity contribution >= 4 is 15.9 Å². The van der Waals surface area contributed by atoms with Crippen LogP contribution in [0.1, 0.15) is 16.7 Å². The first-order valence-corrected chi connectivity index (χ1v) is 6.70. The molecule has 0 saturated heterocycles. The van der Waals surface area contributed by atoms with Gasteiger partial charge in [-0.3, -0.25) is 0 Å². The summed E-state index contributed by atoms with van der Waals surface area (Å²) in [6.45, 7) is 0.534. The first kappa shape index (κ1) is 12.7. The molecule has 2 rings (SSSR count). The molecule has 0 aliphatic carbocycles. The fourth-order valence-electron chi connectivity index (χ4n) is 1.59. The Balaban J connectivity index is 2.00. The largest absolute Gasteiger partial charge is 0.489 e. The van der Waals surface area contributed by atoms with Crippen LogP contribution in [0.5, 0.6) is 5.75 Å². The maximum atomic E-state index is 8.70. The quantitative estimate of drug-likeness (QED) is 0.799. The molecule has 18 heavy (non-hydrogen) atoms. The highest BCUT2D eigenvalue weighted by Crippen LogP contribution is 2.15. The average molecular weight is 302 g/mol. The molecule has 0 saturated carbocycles. The SMILES string of the molecule is N#Cc1ccc(OCc2cccc(CBr)c2)cc1. The second-order valence-corrected chi connectivity index (χ2v) is 4.44. The van der Waals surface area contributed by atoms with Gasteiger partial charge in [-0.25, -0.2) is 0 Å². The number of rotatable bonds is 4. The maximum absolute atomic E-state index is 8.70. The highest BCUT2D eigenvalue weighted by Gasteiger charge is 1.98. The predicted octanol–water partition coefficient (Wildman–Crippen LogP) is 4.03. The molecule has 0 radical (unpaired) electrons. The number of hydrogen-bond donors (Lipinski definition) is 0. The van der Waals surface area contributed by atoms with Crippen LogP contribution in [0, 0.1) is 11.3 Å². The lowest BCUT2D eigenvalue weighted by Gasteiger charge is -2.07. The third-order valence-corrected chi connectivity index (χ3v) is 3.18. The Kier molecular flexibility index (Phi) is 4.38. The van der Waals surface area contributed by atoms with E-state index >= 15 is 0 Å². The fraction of sp³-hybridized carbons (Fsp3) is 0.133. The zero-order valence-electron chi connectivity index (χ0n) is 9.77.